The molecule has 1 aliphatic rings. The van der Waals surface area contributed by atoms with Crippen LogP contribution in [0.15, 0.2) is 91.0 Å². The van der Waals surface area contributed by atoms with Crippen molar-refractivity contribution in [2.75, 3.05) is 26.2 Å². The van der Waals surface area contributed by atoms with Gasteiger partial charge >= 0.3 is 5.97 Å². The normalized spacial score (nSPS) is 17.7. The molecule has 4 aromatic rings. The first-order valence-electron chi connectivity index (χ1n) is 13.7. The molecule has 0 aliphatic carbocycles. The van der Waals surface area contributed by atoms with Crippen molar-refractivity contribution in [1.29, 1.82) is 0 Å². The van der Waals surface area contributed by atoms with Crippen LogP contribution in [0.5, 0.6) is 11.8 Å². The highest BCUT2D eigenvalue weighted by atomic mass is 16.5. The number of aromatic nitrogens is 1. The van der Waals surface area contributed by atoms with E-state index in [4.69, 9.17) is 4.74 Å². The Hall–Kier alpha value is -4.03. The maximum absolute atomic E-state index is 13.3. The molecular weight excluding hydrogens is 488 g/mol. The number of aryl methyl sites for hydroxylation is 2. The Labute approximate surface area is 230 Å². The summed E-state index contributed by atoms with van der Waals surface area (Å²) in [6.45, 7) is 4.89. The summed E-state index contributed by atoms with van der Waals surface area (Å²) in [4.78, 5) is 15.8. The van der Waals surface area contributed by atoms with Gasteiger partial charge in [-0.2, -0.15) is 0 Å². The maximum Gasteiger partial charge on any atom is 0.340 e. The second-order valence-electron chi connectivity index (χ2n) is 10.5. The number of hydrogen-bond donors (Lipinski definition) is 2. The number of carbonyl (C=O) groups excluding carboxylic acids is 1. The summed E-state index contributed by atoms with van der Waals surface area (Å²) >= 11 is 0. The number of para-hydroxylation sites is 1. The Morgan fingerprint density at radius 2 is 1.62 bits per heavy atom. The second kappa shape index (κ2) is 12.2. The van der Waals surface area contributed by atoms with E-state index in [1.54, 1.807) is 31.2 Å². The first-order valence-corrected chi connectivity index (χ1v) is 13.7. The highest BCUT2D eigenvalue weighted by molar-refractivity contribution is 5.93. The van der Waals surface area contributed by atoms with Crippen molar-refractivity contribution in [3.8, 4) is 17.4 Å². The molecule has 1 aliphatic heterocycles. The minimum absolute atomic E-state index is 0.100. The van der Waals surface area contributed by atoms with Gasteiger partial charge in [0.05, 0.1) is 17.9 Å². The van der Waals surface area contributed by atoms with Crippen molar-refractivity contribution in [2.45, 2.75) is 32.1 Å². The molecule has 0 amide bonds. The molecule has 2 heterocycles. The lowest BCUT2D eigenvalue weighted by Crippen LogP contribution is -2.42. The topological polar surface area (TPSA) is 74.9 Å². The molecule has 6 nitrogen and oxygen atoms in total. The van der Waals surface area contributed by atoms with E-state index in [2.05, 4.69) is 53.4 Å². The number of piperidine rings is 1. The van der Waals surface area contributed by atoms with Crippen LogP contribution >= 0.6 is 0 Å². The zero-order valence-electron chi connectivity index (χ0n) is 22.4. The van der Waals surface area contributed by atoms with E-state index in [0.717, 1.165) is 38.9 Å². The molecular formula is C33H36N2O4. The fourth-order valence-corrected chi connectivity index (χ4v) is 5.68. The fourth-order valence-electron chi connectivity index (χ4n) is 5.68. The third kappa shape index (κ3) is 6.35. The van der Waals surface area contributed by atoms with Crippen LogP contribution in [0, 0.1) is 12.8 Å². The fraction of sp³-hybridized carbons (Fsp3) is 0.303. The quantitative estimate of drug-likeness (QED) is 0.259. The number of carbonyl (C=O) groups is 1. The summed E-state index contributed by atoms with van der Waals surface area (Å²) < 4.78 is 7.15. The van der Waals surface area contributed by atoms with Crippen molar-refractivity contribution in [2.24, 2.45) is 5.92 Å². The molecule has 39 heavy (non-hydrogen) atoms. The van der Waals surface area contributed by atoms with Crippen LogP contribution in [-0.2, 0) is 11.2 Å². The molecule has 202 valence electrons. The summed E-state index contributed by atoms with van der Waals surface area (Å²) in [5.74, 6) is -0.115. The largest absolute Gasteiger partial charge is 0.494 e. The van der Waals surface area contributed by atoms with Crippen LogP contribution in [0.4, 0.5) is 0 Å². The maximum atomic E-state index is 13.3. The Balaban J connectivity index is 1.27. The molecule has 1 saturated heterocycles. The van der Waals surface area contributed by atoms with E-state index >= 15 is 0 Å². The van der Waals surface area contributed by atoms with Crippen molar-refractivity contribution in [3.63, 3.8) is 0 Å². The van der Waals surface area contributed by atoms with E-state index in [1.165, 1.54) is 21.8 Å². The van der Waals surface area contributed by atoms with Crippen LogP contribution in [0.1, 0.15) is 45.8 Å². The third-order valence-corrected chi connectivity index (χ3v) is 7.62. The summed E-state index contributed by atoms with van der Waals surface area (Å²) in [5.41, 5.74) is 3.89. The van der Waals surface area contributed by atoms with Gasteiger partial charge in [-0.3, -0.25) is 4.57 Å². The average molecular weight is 525 g/mol. The van der Waals surface area contributed by atoms with Gasteiger partial charge in [0.25, 0.3) is 0 Å². The molecule has 5 rings (SSSR count). The number of aromatic hydroxyl groups is 2. The van der Waals surface area contributed by atoms with E-state index in [1.807, 2.05) is 12.1 Å². The molecule has 0 spiro atoms. The van der Waals surface area contributed by atoms with Crippen LogP contribution in [0.25, 0.3) is 5.69 Å². The smallest absolute Gasteiger partial charge is 0.340 e. The number of rotatable bonds is 9. The summed E-state index contributed by atoms with van der Waals surface area (Å²) in [5, 5.41) is 20.8. The predicted octanol–water partition coefficient (Wildman–Crippen LogP) is 6.09. The molecule has 6 heteroatoms. The Morgan fingerprint density at radius 1 is 0.923 bits per heavy atom. The van der Waals surface area contributed by atoms with Gasteiger partial charge < -0.3 is 19.8 Å². The van der Waals surface area contributed by atoms with E-state index in [-0.39, 0.29) is 17.7 Å². The molecule has 0 radical (unpaired) electrons. The Bertz CT molecular complexity index is 1380. The Kier molecular flexibility index (Phi) is 8.33. The molecule has 2 N–H and O–H groups in total. The van der Waals surface area contributed by atoms with Crippen molar-refractivity contribution in [1.82, 2.24) is 9.47 Å². The van der Waals surface area contributed by atoms with Gasteiger partial charge in [-0.1, -0.05) is 72.8 Å². The molecule has 3 aromatic carbocycles. The van der Waals surface area contributed by atoms with Crippen LogP contribution in [-0.4, -0.2) is 51.9 Å². The lowest BCUT2D eigenvalue weighted by atomic mass is 9.84. The second-order valence-corrected chi connectivity index (χ2v) is 10.5. The first-order chi connectivity index (χ1) is 19.0. The van der Waals surface area contributed by atoms with E-state index < -0.39 is 5.97 Å². The van der Waals surface area contributed by atoms with Gasteiger partial charge in [0.2, 0.25) is 5.88 Å². The van der Waals surface area contributed by atoms with Gasteiger partial charge in [-0.05, 0) is 61.9 Å². The lowest BCUT2D eigenvalue weighted by Gasteiger charge is -2.38. The number of ether oxygens (including phenoxy) is 1. The lowest BCUT2D eigenvalue weighted by molar-refractivity contribution is 0.0332. The standard InChI is InChI=1S/C33H36N2O4/c1-24-19-31(36)35(32(24)37)30-17-9-8-16-29(30)33(38)39-23-26-20-28(27-14-6-3-7-15-27)22-34(21-26)18-10-13-25-11-4-2-5-12-25/h2-9,11-12,14-17,19,26,28,36-37H,10,13,18,20-23H2,1H3/t26-,28+/m1/s1. The average Bonchev–Trinajstić information content (AvgIpc) is 3.23. The number of hydrogen-bond acceptors (Lipinski definition) is 5. The molecule has 0 unspecified atom stereocenters. The molecule has 0 saturated carbocycles. The SMILES string of the molecule is Cc1cc(O)n(-c2ccccc2C(=O)OC[C@@H]2C[C@H](c3ccccc3)CN(CCCc3ccccc3)C2)c1O. The van der Waals surface area contributed by atoms with Crippen molar-refractivity contribution >= 4 is 5.97 Å². The van der Waals surface area contributed by atoms with Gasteiger partial charge in [0, 0.05) is 30.6 Å². The van der Waals surface area contributed by atoms with Gasteiger partial charge in [-0.25, -0.2) is 4.79 Å². The van der Waals surface area contributed by atoms with Crippen molar-refractivity contribution in [3.05, 3.63) is 113 Å². The number of nitrogens with zero attached hydrogens (tertiary/aromatic N) is 2. The monoisotopic (exact) mass is 524 g/mol. The summed E-state index contributed by atoms with van der Waals surface area (Å²) in [6.07, 6.45) is 3.07. The summed E-state index contributed by atoms with van der Waals surface area (Å²) in [6, 6.07) is 29.5. The minimum atomic E-state index is -0.465. The van der Waals surface area contributed by atoms with Crippen LogP contribution in [0.2, 0.25) is 0 Å². The third-order valence-electron chi connectivity index (χ3n) is 7.62. The highest BCUT2D eigenvalue weighted by Crippen LogP contribution is 2.34. The minimum Gasteiger partial charge on any atom is -0.494 e. The molecule has 2 atom stereocenters. The van der Waals surface area contributed by atoms with Gasteiger partial charge in [0.1, 0.15) is 0 Å². The van der Waals surface area contributed by atoms with Crippen LogP contribution < -0.4 is 0 Å². The van der Waals surface area contributed by atoms with Crippen molar-refractivity contribution < 1.29 is 19.7 Å². The molecule has 1 fully saturated rings. The molecule has 1 aromatic heterocycles. The summed E-state index contributed by atoms with van der Waals surface area (Å²) in [7, 11) is 0. The first kappa shape index (κ1) is 26.6. The zero-order chi connectivity index (χ0) is 27.2. The number of benzene rings is 3. The van der Waals surface area contributed by atoms with E-state index in [0.29, 0.717) is 29.3 Å². The number of esters is 1. The van der Waals surface area contributed by atoms with Crippen LogP contribution in [0.3, 0.4) is 0 Å². The zero-order valence-corrected chi connectivity index (χ0v) is 22.4. The highest BCUT2D eigenvalue weighted by Gasteiger charge is 2.29. The predicted molar refractivity (Wildman–Crippen MR) is 153 cm³/mol. The Morgan fingerprint density at radius 3 is 2.33 bits per heavy atom. The van der Waals surface area contributed by atoms with Gasteiger partial charge in [0.15, 0.2) is 5.88 Å². The van der Waals surface area contributed by atoms with E-state index in [9.17, 15) is 15.0 Å². The van der Waals surface area contributed by atoms with Gasteiger partial charge in [-0.15, -0.1) is 0 Å². The number of likely N-dealkylation sites (tertiary alicyclic amines) is 1. The molecule has 0 bridgehead atoms.